The molecule has 0 bridgehead atoms. The largest absolute Gasteiger partial charge is 0.478 e. The smallest absolute Gasteiger partial charge is 0.339 e. The molecule has 2 heterocycles. The molecule has 0 spiro atoms. The summed E-state index contributed by atoms with van der Waals surface area (Å²) < 4.78 is 2.81. The SMILES string of the molecule is Cn1ncc(C(=O)O)c1C(=O)Nc1cnn(Cc2ccc(Cl)c(Cl)c2)c1. The highest BCUT2D eigenvalue weighted by molar-refractivity contribution is 6.42. The lowest BCUT2D eigenvalue weighted by atomic mass is 10.2. The Labute approximate surface area is 157 Å². The normalized spacial score (nSPS) is 10.7. The molecule has 26 heavy (non-hydrogen) atoms. The van der Waals surface area contributed by atoms with Gasteiger partial charge in [0.15, 0.2) is 0 Å². The number of hydrogen-bond donors (Lipinski definition) is 2. The van der Waals surface area contributed by atoms with Gasteiger partial charge in [-0.3, -0.25) is 14.2 Å². The van der Waals surface area contributed by atoms with Crippen molar-refractivity contribution in [3.8, 4) is 0 Å². The molecule has 1 aromatic carbocycles. The number of nitrogens with zero attached hydrogens (tertiary/aromatic N) is 4. The fourth-order valence-corrected chi connectivity index (χ4v) is 2.71. The van der Waals surface area contributed by atoms with E-state index in [1.54, 1.807) is 23.0 Å². The van der Waals surface area contributed by atoms with Crippen molar-refractivity contribution >= 4 is 40.8 Å². The van der Waals surface area contributed by atoms with Gasteiger partial charge >= 0.3 is 5.97 Å². The molecular formula is C16H13Cl2N5O3. The fourth-order valence-electron chi connectivity index (χ4n) is 2.39. The Morgan fingerprint density at radius 1 is 1.19 bits per heavy atom. The van der Waals surface area contributed by atoms with Gasteiger partial charge in [0.1, 0.15) is 11.3 Å². The molecule has 3 aromatic rings. The highest BCUT2D eigenvalue weighted by Crippen LogP contribution is 2.23. The monoisotopic (exact) mass is 393 g/mol. The molecule has 0 aliphatic rings. The van der Waals surface area contributed by atoms with Gasteiger partial charge in [0.05, 0.1) is 34.7 Å². The minimum Gasteiger partial charge on any atom is -0.478 e. The molecule has 0 atom stereocenters. The Hall–Kier alpha value is -2.84. The summed E-state index contributed by atoms with van der Waals surface area (Å²) in [5.74, 6) is -1.81. The molecule has 10 heteroatoms. The Kier molecular flexibility index (Phi) is 4.97. The zero-order valence-corrected chi connectivity index (χ0v) is 15.0. The summed E-state index contributed by atoms with van der Waals surface area (Å²) in [6, 6.07) is 5.25. The zero-order valence-electron chi connectivity index (χ0n) is 13.5. The Morgan fingerprint density at radius 2 is 1.96 bits per heavy atom. The summed E-state index contributed by atoms with van der Waals surface area (Å²) >= 11 is 11.9. The summed E-state index contributed by atoms with van der Waals surface area (Å²) in [5, 5.41) is 20.6. The standard InChI is InChI=1S/C16H13Cl2N5O3/c1-22-14(11(6-19-22)16(25)26)15(24)21-10-5-20-23(8-10)7-9-2-3-12(17)13(18)4-9/h2-6,8H,7H2,1H3,(H,21,24)(H,25,26). The summed E-state index contributed by atoms with van der Waals surface area (Å²) in [6.45, 7) is 0.429. The maximum Gasteiger partial charge on any atom is 0.339 e. The topological polar surface area (TPSA) is 102 Å². The van der Waals surface area contributed by atoms with E-state index in [2.05, 4.69) is 15.5 Å². The predicted octanol–water partition coefficient (Wildman–Crippen LogP) is 2.92. The molecule has 1 amide bonds. The van der Waals surface area contributed by atoms with Crippen LogP contribution in [0.3, 0.4) is 0 Å². The van der Waals surface area contributed by atoms with Crippen LogP contribution >= 0.6 is 23.2 Å². The van der Waals surface area contributed by atoms with Crippen LogP contribution < -0.4 is 5.32 Å². The summed E-state index contributed by atoms with van der Waals surface area (Å²) in [6.07, 6.45) is 4.22. The van der Waals surface area contributed by atoms with Crippen molar-refractivity contribution in [1.82, 2.24) is 19.6 Å². The second-order valence-corrected chi connectivity index (χ2v) is 6.28. The number of rotatable bonds is 5. The third-order valence-electron chi connectivity index (χ3n) is 3.60. The van der Waals surface area contributed by atoms with Crippen molar-refractivity contribution < 1.29 is 14.7 Å². The highest BCUT2D eigenvalue weighted by Gasteiger charge is 2.22. The van der Waals surface area contributed by atoms with Gasteiger partial charge in [-0.2, -0.15) is 10.2 Å². The number of aromatic carboxylic acids is 1. The molecule has 134 valence electrons. The number of amides is 1. The molecule has 0 unspecified atom stereocenters. The van der Waals surface area contributed by atoms with Gasteiger partial charge in [-0.15, -0.1) is 0 Å². The van der Waals surface area contributed by atoms with E-state index in [9.17, 15) is 9.59 Å². The number of aryl methyl sites for hydroxylation is 1. The second-order valence-electron chi connectivity index (χ2n) is 5.46. The number of hydrogen-bond acceptors (Lipinski definition) is 4. The number of halogens is 2. The molecule has 2 aromatic heterocycles. The quantitative estimate of drug-likeness (QED) is 0.693. The maximum absolute atomic E-state index is 12.4. The average molecular weight is 394 g/mol. The van der Waals surface area contributed by atoms with Gasteiger partial charge in [-0.25, -0.2) is 4.79 Å². The fraction of sp³-hybridized carbons (Fsp3) is 0.125. The number of carbonyl (C=O) groups excluding carboxylic acids is 1. The van der Waals surface area contributed by atoms with Crippen molar-refractivity contribution in [2.45, 2.75) is 6.54 Å². The van der Waals surface area contributed by atoms with Gasteiger partial charge in [0.25, 0.3) is 5.91 Å². The van der Waals surface area contributed by atoms with Crippen molar-refractivity contribution in [3.63, 3.8) is 0 Å². The molecule has 0 aliphatic carbocycles. The lowest BCUT2D eigenvalue weighted by Crippen LogP contribution is -2.19. The first kappa shape index (κ1) is 18.0. The Bertz CT molecular complexity index is 996. The molecule has 2 N–H and O–H groups in total. The van der Waals surface area contributed by atoms with E-state index >= 15 is 0 Å². The number of nitrogens with one attached hydrogen (secondary N) is 1. The first-order valence-corrected chi connectivity index (χ1v) is 8.14. The second kappa shape index (κ2) is 7.19. The summed E-state index contributed by atoms with van der Waals surface area (Å²) in [4.78, 5) is 23.5. The number of carbonyl (C=O) groups is 2. The predicted molar refractivity (Wildman–Crippen MR) is 95.9 cm³/mol. The lowest BCUT2D eigenvalue weighted by molar-refractivity contribution is 0.0692. The first-order chi connectivity index (χ1) is 12.3. The molecule has 0 fully saturated rings. The maximum atomic E-state index is 12.4. The van der Waals surface area contributed by atoms with Crippen LogP contribution in [0.4, 0.5) is 5.69 Å². The number of carboxylic acid groups (broad SMARTS) is 1. The molecular weight excluding hydrogens is 381 g/mol. The molecule has 8 nitrogen and oxygen atoms in total. The van der Waals surface area contributed by atoms with Crippen LogP contribution in [0.15, 0.2) is 36.8 Å². The number of carboxylic acids is 1. The van der Waals surface area contributed by atoms with E-state index in [0.29, 0.717) is 22.3 Å². The molecule has 0 radical (unpaired) electrons. The minimum absolute atomic E-state index is 0.0465. The van der Waals surface area contributed by atoms with Gasteiger partial charge in [0, 0.05) is 13.2 Å². The van der Waals surface area contributed by atoms with Crippen LogP contribution in [0.2, 0.25) is 10.0 Å². The number of aromatic nitrogens is 4. The summed E-state index contributed by atoms with van der Waals surface area (Å²) in [5.41, 5.74) is 1.09. The van der Waals surface area contributed by atoms with E-state index < -0.39 is 11.9 Å². The van der Waals surface area contributed by atoms with Gasteiger partial charge in [-0.05, 0) is 17.7 Å². The number of anilines is 1. The molecule has 0 saturated carbocycles. The van der Waals surface area contributed by atoms with E-state index in [0.717, 1.165) is 11.8 Å². The van der Waals surface area contributed by atoms with Crippen molar-refractivity contribution in [2.75, 3.05) is 5.32 Å². The summed E-state index contributed by atoms with van der Waals surface area (Å²) in [7, 11) is 1.50. The minimum atomic E-state index is -1.22. The Morgan fingerprint density at radius 3 is 2.65 bits per heavy atom. The molecule has 3 rings (SSSR count). The van der Waals surface area contributed by atoms with Crippen molar-refractivity contribution in [1.29, 1.82) is 0 Å². The molecule has 0 aliphatic heterocycles. The van der Waals surface area contributed by atoms with Crippen LogP contribution in [0.25, 0.3) is 0 Å². The van der Waals surface area contributed by atoms with Crippen LogP contribution in [0, 0.1) is 0 Å². The van der Waals surface area contributed by atoms with Crippen molar-refractivity contribution in [2.24, 2.45) is 7.05 Å². The van der Waals surface area contributed by atoms with Crippen LogP contribution in [-0.4, -0.2) is 36.5 Å². The van der Waals surface area contributed by atoms with E-state index in [-0.39, 0.29) is 11.3 Å². The lowest BCUT2D eigenvalue weighted by Gasteiger charge is -2.05. The van der Waals surface area contributed by atoms with Crippen LogP contribution in [0.1, 0.15) is 26.4 Å². The first-order valence-electron chi connectivity index (χ1n) is 7.38. The molecule has 0 saturated heterocycles. The van der Waals surface area contributed by atoms with E-state index in [4.69, 9.17) is 28.3 Å². The Balaban J connectivity index is 1.74. The van der Waals surface area contributed by atoms with E-state index in [1.807, 2.05) is 6.07 Å². The van der Waals surface area contributed by atoms with Gasteiger partial charge in [0.2, 0.25) is 0 Å². The van der Waals surface area contributed by atoms with Crippen LogP contribution in [0.5, 0.6) is 0 Å². The highest BCUT2D eigenvalue weighted by atomic mass is 35.5. The zero-order chi connectivity index (χ0) is 18.8. The third kappa shape index (κ3) is 3.71. The van der Waals surface area contributed by atoms with Crippen LogP contribution in [-0.2, 0) is 13.6 Å². The van der Waals surface area contributed by atoms with E-state index in [1.165, 1.54) is 17.9 Å². The number of benzene rings is 1. The third-order valence-corrected chi connectivity index (χ3v) is 4.34. The average Bonchev–Trinajstić information content (AvgIpc) is 3.17. The van der Waals surface area contributed by atoms with Crippen molar-refractivity contribution in [3.05, 3.63) is 63.7 Å². The van der Waals surface area contributed by atoms with Gasteiger partial charge < -0.3 is 10.4 Å². The van der Waals surface area contributed by atoms with Gasteiger partial charge in [-0.1, -0.05) is 29.3 Å².